The number of hydrazone groups is 1. The summed E-state index contributed by atoms with van der Waals surface area (Å²) in [4.78, 5) is 11.8. The molecule has 4 nitrogen and oxygen atoms in total. The molecule has 0 aliphatic carbocycles. The number of benzene rings is 2. The van der Waals surface area contributed by atoms with Crippen LogP contribution in [0.5, 0.6) is 5.75 Å². The van der Waals surface area contributed by atoms with Crippen molar-refractivity contribution in [1.29, 1.82) is 0 Å². The summed E-state index contributed by atoms with van der Waals surface area (Å²) in [6.45, 7) is 6.03. The number of amides is 1. The van der Waals surface area contributed by atoms with Gasteiger partial charge < -0.3 is 4.74 Å². The molecule has 120 valence electrons. The van der Waals surface area contributed by atoms with E-state index in [4.69, 9.17) is 4.74 Å². The Kier molecular flexibility index (Phi) is 5.93. The van der Waals surface area contributed by atoms with E-state index >= 15 is 0 Å². The molecule has 2 rings (SSSR count). The van der Waals surface area contributed by atoms with Crippen molar-refractivity contribution in [2.75, 3.05) is 6.61 Å². The van der Waals surface area contributed by atoms with E-state index in [0.29, 0.717) is 5.75 Å². The third kappa shape index (κ3) is 5.21. The number of carbonyl (C=O) groups excluding carboxylic acids is 1. The van der Waals surface area contributed by atoms with Gasteiger partial charge in [-0.15, -0.1) is 0 Å². The topological polar surface area (TPSA) is 50.7 Å². The normalized spacial score (nSPS) is 10.8. The largest absolute Gasteiger partial charge is 0.484 e. The molecule has 0 saturated carbocycles. The van der Waals surface area contributed by atoms with Crippen molar-refractivity contribution < 1.29 is 9.53 Å². The first-order valence-corrected chi connectivity index (χ1v) is 8.03. The van der Waals surface area contributed by atoms with Gasteiger partial charge >= 0.3 is 0 Å². The van der Waals surface area contributed by atoms with E-state index in [2.05, 4.69) is 45.5 Å². The van der Waals surface area contributed by atoms with Gasteiger partial charge in [-0.3, -0.25) is 4.79 Å². The highest BCUT2D eigenvalue weighted by Gasteiger charge is 2.03. The molecule has 0 aliphatic heterocycles. The summed E-state index contributed by atoms with van der Waals surface area (Å²) < 4.78 is 6.30. The molecule has 1 N–H and O–H groups in total. The molecule has 0 radical (unpaired) electrons. The fourth-order valence-electron chi connectivity index (χ4n) is 2.30. The van der Waals surface area contributed by atoms with Gasteiger partial charge in [0.25, 0.3) is 5.91 Å². The zero-order valence-corrected chi connectivity index (χ0v) is 15.0. The summed E-state index contributed by atoms with van der Waals surface area (Å²) in [6, 6.07) is 11.5. The third-order valence-corrected chi connectivity index (χ3v) is 3.78. The van der Waals surface area contributed by atoms with Gasteiger partial charge in [0.2, 0.25) is 0 Å². The van der Waals surface area contributed by atoms with Crippen molar-refractivity contribution in [3.63, 3.8) is 0 Å². The van der Waals surface area contributed by atoms with E-state index in [1.165, 1.54) is 5.56 Å². The van der Waals surface area contributed by atoms with Gasteiger partial charge in [0.1, 0.15) is 5.75 Å². The molecule has 1 amide bonds. The van der Waals surface area contributed by atoms with E-state index in [-0.39, 0.29) is 12.5 Å². The lowest BCUT2D eigenvalue weighted by Gasteiger charge is -2.07. The Labute approximate surface area is 144 Å². The third-order valence-electron chi connectivity index (χ3n) is 3.29. The molecule has 2 aromatic carbocycles. The SMILES string of the molecule is Cc1cc(C)c(/C=N\NC(=O)COc2cccc(Br)c2)c(C)c1. The van der Waals surface area contributed by atoms with E-state index in [9.17, 15) is 4.79 Å². The Bertz CT molecular complexity index is 719. The Morgan fingerprint density at radius 3 is 2.57 bits per heavy atom. The highest BCUT2D eigenvalue weighted by Crippen LogP contribution is 2.17. The standard InChI is InChI=1S/C18H19BrN2O2/c1-12-7-13(2)17(14(3)8-12)10-20-21-18(22)11-23-16-6-4-5-15(19)9-16/h4-10H,11H2,1-3H3,(H,21,22)/b20-10-. The molecule has 0 heterocycles. The van der Waals surface area contributed by atoms with Gasteiger partial charge in [-0.05, 0) is 50.1 Å². The molecular formula is C18H19BrN2O2. The highest BCUT2D eigenvalue weighted by molar-refractivity contribution is 9.10. The molecule has 0 aromatic heterocycles. The fraction of sp³-hybridized carbons (Fsp3) is 0.222. The number of hydrogen-bond donors (Lipinski definition) is 1. The first-order valence-electron chi connectivity index (χ1n) is 7.24. The number of nitrogens with one attached hydrogen (secondary N) is 1. The van der Waals surface area contributed by atoms with Crippen molar-refractivity contribution in [2.45, 2.75) is 20.8 Å². The van der Waals surface area contributed by atoms with Crippen LogP contribution in [0.25, 0.3) is 0 Å². The molecule has 0 saturated heterocycles. The number of hydrogen-bond acceptors (Lipinski definition) is 3. The van der Waals surface area contributed by atoms with Crippen LogP contribution in [-0.2, 0) is 4.79 Å². The Morgan fingerprint density at radius 1 is 1.22 bits per heavy atom. The summed E-state index contributed by atoms with van der Waals surface area (Å²) in [5, 5.41) is 4.01. The molecule has 5 heteroatoms. The summed E-state index contributed by atoms with van der Waals surface area (Å²) >= 11 is 3.35. The van der Waals surface area contributed by atoms with Crippen molar-refractivity contribution in [2.24, 2.45) is 5.10 Å². The van der Waals surface area contributed by atoms with Crippen LogP contribution in [-0.4, -0.2) is 18.7 Å². The maximum atomic E-state index is 11.8. The number of rotatable bonds is 5. The van der Waals surface area contributed by atoms with Gasteiger partial charge in [-0.1, -0.05) is 39.7 Å². The Balaban J connectivity index is 1.89. The smallest absolute Gasteiger partial charge is 0.277 e. The molecule has 0 fully saturated rings. The minimum Gasteiger partial charge on any atom is -0.484 e. The van der Waals surface area contributed by atoms with Crippen LogP contribution < -0.4 is 10.2 Å². The minimum atomic E-state index is -0.302. The number of aryl methyl sites for hydroxylation is 3. The highest BCUT2D eigenvalue weighted by atomic mass is 79.9. The van der Waals surface area contributed by atoms with Gasteiger partial charge in [0, 0.05) is 10.0 Å². The summed E-state index contributed by atoms with van der Waals surface area (Å²) in [7, 11) is 0. The van der Waals surface area contributed by atoms with Gasteiger partial charge in [-0.2, -0.15) is 5.10 Å². The predicted octanol–water partition coefficient (Wildman–Crippen LogP) is 3.90. The zero-order chi connectivity index (χ0) is 16.8. The first kappa shape index (κ1) is 17.2. The number of ether oxygens (including phenoxy) is 1. The molecule has 0 bridgehead atoms. The van der Waals surface area contributed by atoms with E-state index in [0.717, 1.165) is 21.2 Å². The lowest BCUT2D eigenvalue weighted by atomic mass is 10.0. The van der Waals surface area contributed by atoms with E-state index in [1.54, 1.807) is 18.3 Å². The van der Waals surface area contributed by atoms with Gasteiger partial charge in [0.15, 0.2) is 6.61 Å². The average molecular weight is 375 g/mol. The number of halogens is 1. The van der Waals surface area contributed by atoms with Crippen LogP contribution in [0.1, 0.15) is 22.3 Å². The van der Waals surface area contributed by atoms with Crippen LogP contribution in [0.3, 0.4) is 0 Å². The van der Waals surface area contributed by atoms with E-state index < -0.39 is 0 Å². The zero-order valence-electron chi connectivity index (χ0n) is 13.4. The Hall–Kier alpha value is -2.14. The molecule has 0 unspecified atom stereocenters. The molecule has 23 heavy (non-hydrogen) atoms. The van der Waals surface area contributed by atoms with Gasteiger partial charge in [-0.25, -0.2) is 5.43 Å². The predicted molar refractivity (Wildman–Crippen MR) is 96.0 cm³/mol. The van der Waals surface area contributed by atoms with Crippen LogP contribution >= 0.6 is 15.9 Å². The molecule has 0 atom stereocenters. The first-order chi connectivity index (χ1) is 11.0. The van der Waals surface area contributed by atoms with Crippen molar-refractivity contribution in [1.82, 2.24) is 5.43 Å². The summed E-state index contributed by atoms with van der Waals surface area (Å²) in [6.07, 6.45) is 1.67. The fourth-order valence-corrected chi connectivity index (χ4v) is 2.68. The monoisotopic (exact) mass is 374 g/mol. The van der Waals surface area contributed by atoms with Crippen LogP contribution in [0, 0.1) is 20.8 Å². The van der Waals surface area contributed by atoms with Crippen LogP contribution in [0.4, 0.5) is 0 Å². The van der Waals surface area contributed by atoms with Crippen molar-refractivity contribution >= 4 is 28.1 Å². The summed E-state index contributed by atoms with van der Waals surface area (Å²) in [5.41, 5.74) is 6.97. The average Bonchev–Trinajstić information content (AvgIpc) is 2.48. The van der Waals surface area contributed by atoms with Crippen LogP contribution in [0.2, 0.25) is 0 Å². The second kappa shape index (κ2) is 7.92. The Morgan fingerprint density at radius 2 is 1.91 bits per heavy atom. The molecule has 2 aromatic rings. The number of carbonyl (C=O) groups is 1. The molecule has 0 aliphatic rings. The second-order valence-corrected chi connectivity index (χ2v) is 6.27. The molecule has 0 spiro atoms. The quantitative estimate of drug-likeness (QED) is 0.637. The molecular weight excluding hydrogens is 356 g/mol. The lowest BCUT2D eigenvalue weighted by molar-refractivity contribution is -0.123. The number of nitrogens with zero attached hydrogens (tertiary/aromatic N) is 1. The van der Waals surface area contributed by atoms with Crippen molar-refractivity contribution in [3.8, 4) is 5.75 Å². The van der Waals surface area contributed by atoms with Gasteiger partial charge in [0.05, 0.1) is 6.21 Å². The lowest BCUT2D eigenvalue weighted by Crippen LogP contribution is -2.24. The second-order valence-electron chi connectivity index (χ2n) is 5.35. The maximum Gasteiger partial charge on any atom is 0.277 e. The maximum absolute atomic E-state index is 11.8. The minimum absolute atomic E-state index is 0.0837. The summed E-state index contributed by atoms with van der Waals surface area (Å²) in [5.74, 6) is 0.326. The van der Waals surface area contributed by atoms with Crippen molar-refractivity contribution in [3.05, 3.63) is 63.1 Å². The van der Waals surface area contributed by atoms with E-state index in [1.807, 2.05) is 26.0 Å². The van der Waals surface area contributed by atoms with Crippen LogP contribution in [0.15, 0.2) is 46.0 Å².